The van der Waals surface area contributed by atoms with E-state index in [2.05, 4.69) is 45.1 Å². The van der Waals surface area contributed by atoms with Gasteiger partial charge in [-0.05, 0) is 51.6 Å². The molecule has 1 aliphatic carbocycles. The van der Waals surface area contributed by atoms with E-state index < -0.39 is 0 Å². The third-order valence-electron chi connectivity index (χ3n) is 5.45. The van der Waals surface area contributed by atoms with Crippen molar-refractivity contribution in [3.63, 3.8) is 0 Å². The molecular formula is C16H32N2O. The molecule has 2 fully saturated rings. The van der Waals surface area contributed by atoms with Crippen LogP contribution in [0.3, 0.4) is 0 Å². The zero-order valence-corrected chi connectivity index (χ0v) is 13.4. The van der Waals surface area contributed by atoms with Crippen molar-refractivity contribution < 1.29 is 4.74 Å². The van der Waals surface area contributed by atoms with E-state index in [0.29, 0.717) is 23.6 Å². The summed E-state index contributed by atoms with van der Waals surface area (Å²) in [6.07, 6.45) is 5.68. The van der Waals surface area contributed by atoms with Gasteiger partial charge >= 0.3 is 0 Å². The summed E-state index contributed by atoms with van der Waals surface area (Å²) in [6.45, 7) is 9.19. The highest BCUT2D eigenvalue weighted by Crippen LogP contribution is 2.39. The van der Waals surface area contributed by atoms with Gasteiger partial charge in [0.2, 0.25) is 0 Å². The Morgan fingerprint density at radius 2 is 2.05 bits per heavy atom. The molecular weight excluding hydrogens is 236 g/mol. The molecule has 4 unspecified atom stereocenters. The minimum absolute atomic E-state index is 0.398. The Labute approximate surface area is 119 Å². The first-order valence-corrected chi connectivity index (χ1v) is 7.95. The number of rotatable bonds is 4. The molecule has 112 valence electrons. The number of likely N-dealkylation sites (N-methyl/N-ethyl adjacent to an activating group) is 1. The van der Waals surface area contributed by atoms with E-state index in [1.54, 1.807) is 0 Å². The Bertz CT molecular complexity index is 292. The summed E-state index contributed by atoms with van der Waals surface area (Å²) in [4.78, 5) is 2.55. The number of ether oxygens (including phenoxy) is 1. The van der Waals surface area contributed by atoms with Gasteiger partial charge in [0.15, 0.2) is 0 Å². The molecule has 1 aliphatic heterocycles. The monoisotopic (exact) mass is 268 g/mol. The van der Waals surface area contributed by atoms with Gasteiger partial charge in [0, 0.05) is 25.2 Å². The van der Waals surface area contributed by atoms with Crippen LogP contribution in [0.2, 0.25) is 0 Å². The van der Waals surface area contributed by atoms with E-state index >= 15 is 0 Å². The van der Waals surface area contributed by atoms with Gasteiger partial charge in [-0.25, -0.2) is 0 Å². The maximum absolute atomic E-state index is 5.71. The van der Waals surface area contributed by atoms with Crippen LogP contribution < -0.4 is 5.32 Å². The van der Waals surface area contributed by atoms with E-state index in [1.165, 1.54) is 32.2 Å². The molecule has 0 aromatic heterocycles. The van der Waals surface area contributed by atoms with Gasteiger partial charge in [-0.2, -0.15) is 0 Å². The van der Waals surface area contributed by atoms with Crippen molar-refractivity contribution in [1.82, 2.24) is 10.2 Å². The van der Waals surface area contributed by atoms with Gasteiger partial charge in [-0.3, -0.25) is 0 Å². The van der Waals surface area contributed by atoms with Crippen LogP contribution in [0, 0.1) is 11.3 Å². The highest BCUT2D eigenvalue weighted by molar-refractivity contribution is 4.94. The van der Waals surface area contributed by atoms with Crippen molar-refractivity contribution in [2.45, 2.75) is 64.6 Å². The summed E-state index contributed by atoms with van der Waals surface area (Å²) < 4.78 is 5.71. The first kappa shape index (κ1) is 15.3. The highest BCUT2D eigenvalue weighted by atomic mass is 16.5. The lowest BCUT2D eigenvalue weighted by molar-refractivity contribution is 0.0516. The lowest BCUT2D eigenvalue weighted by Crippen LogP contribution is -2.52. The molecule has 19 heavy (non-hydrogen) atoms. The number of nitrogens with zero attached hydrogens (tertiary/aromatic N) is 1. The predicted molar refractivity (Wildman–Crippen MR) is 80.4 cm³/mol. The van der Waals surface area contributed by atoms with E-state index in [1.807, 2.05) is 0 Å². The van der Waals surface area contributed by atoms with Crippen LogP contribution in [0.1, 0.15) is 46.5 Å². The van der Waals surface area contributed by atoms with Crippen molar-refractivity contribution in [2.24, 2.45) is 11.3 Å². The standard InChI is InChI=1S/C16H32N2O/c1-12-14(8-10-19-12)18(5)11-13-7-6-9-16(2,3)15(13)17-4/h12-15,17H,6-11H2,1-5H3. The van der Waals surface area contributed by atoms with E-state index in [-0.39, 0.29) is 0 Å². The zero-order chi connectivity index (χ0) is 14.0. The number of nitrogens with one attached hydrogen (secondary N) is 1. The molecule has 1 N–H and O–H groups in total. The second-order valence-corrected chi connectivity index (χ2v) is 7.28. The quantitative estimate of drug-likeness (QED) is 0.848. The molecule has 2 aliphatic rings. The molecule has 0 aromatic carbocycles. The van der Waals surface area contributed by atoms with Gasteiger partial charge in [-0.15, -0.1) is 0 Å². The average Bonchev–Trinajstić information content (AvgIpc) is 2.74. The topological polar surface area (TPSA) is 24.5 Å². The molecule has 2 rings (SSSR count). The highest BCUT2D eigenvalue weighted by Gasteiger charge is 2.39. The summed E-state index contributed by atoms with van der Waals surface area (Å²) in [5, 5.41) is 3.59. The molecule has 0 bridgehead atoms. The van der Waals surface area contributed by atoms with Crippen LogP contribution in [0.5, 0.6) is 0 Å². The second-order valence-electron chi connectivity index (χ2n) is 7.28. The third kappa shape index (κ3) is 3.32. The Morgan fingerprint density at radius 3 is 2.63 bits per heavy atom. The van der Waals surface area contributed by atoms with Gasteiger partial charge in [-0.1, -0.05) is 20.3 Å². The van der Waals surface area contributed by atoms with Crippen LogP contribution in [-0.4, -0.2) is 50.3 Å². The van der Waals surface area contributed by atoms with Crippen molar-refractivity contribution >= 4 is 0 Å². The lowest BCUT2D eigenvalue weighted by atomic mass is 9.68. The Morgan fingerprint density at radius 1 is 1.32 bits per heavy atom. The van der Waals surface area contributed by atoms with Crippen molar-refractivity contribution in [3.05, 3.63) is 0 Å². The van der Waals surface area contributed by atoms with Crippen LogP contribution in [0.25, 0.3) is 0 Å². The van der Waals surface area contributed by atoms with Crippen molar-refractivity contribution in [1.29, 1.82) is 0 Å². The van der Waals surface area contributed by atoms with Gasteiger partial charge in [0.05, 0.1) is 6.10 Å². The molecule has 1 saturated heterocycles. The van der Waals surface area contributed by atoms with E-state index in [0.717, 1.165) is 12.5 Å². The minimum Gasteiger partial charge on any atom is -0.377 e. The largest absolute Gasteiger partial charge is 0.377 e. The summed E-state index contributed by atoms with van der Waals surface area (Å²) in [5.74, 6) is 0.770. The van der Waals surface area contributed by atoms with E-state index in [9.17, 15) is 0 Å². The molecule has 0 radical (unpaired) electrons. The number of hydrogen-bond donors (Lipinski definition) is 1. The molecule has 4 atom stereocenters. The average molecular weight is 268 g/mol. The maximum atomic E-state index is 5.71. The fourth-order valence-electron chi connectivity index (χ4n) is 4.41. The Balaban J connectivity index is 1.96. The summed E-state index contributed by atoms with van der Waals surface area (Å²) in [5.41, 5.74) is 0.427. The second kappa shape index (κ2) is 6.11. The smallest absolute Gasteiger partial charge is 0.0702 e. The van der Waals surface area contributed by atoms with Crippen LogP contribution in [-0.2, 0) is 4.74 Å². The first-order valence-electron chi connectivity index (χ1n) is 7.95. The third-order valence-corrected chi connectivity index (χ3v) is 5.45. The van der Waals surface area contributed by atoms with Gasteiger partial charge < -0.3 is 15.0 Å². The molecule has 0 amide bonds. The molecule has 1 saturated carbocycles. The Kier molecular flexibility index (Phi) is 4.91. The summed E-state index contributed by atoms with van der Waals surface area (Å²) in [7, 11) is 4.41. The SMILES string of the molecule is CNC1C(CN(C)C2CCOC2C)CCCC1(C)C. The first-order chi connectivity index (χ1) is 8.95. The lowest BCUT2D eigenvalue weighted by Gasteiger charge is -2.46. The fourth-order valence-corrected chi connectivity index (χ4v) is 4.41. The molecule has 3 heteroatoms. The number of hydrogen-bond acceptors (Lipinski definition) is 3. The van der Waals surface area contributed by atoms with Crippen LogP contribution >= 0.6 is 0 Å². The van der Waals surface area contributed by atoms with Gasteiger partial charge in [0.25, 0.3) is 0 Å². The van der Waals surface area contributed by atoms with Gasteiger partial charge in [0.1, 0.15) is 0 Å². The van der Waals surface area contributed by atoms with Crippen molar-refractivity contribution in [3.8, 4) is 0 Å². The van der Waals surface area contributed by atoms with E-state index in [4.69, 9.17) is 4.74 Å². The minimum atomic E-state index is 0.398. The molecule has 0 spiro atoms. The Hall–Kier alpha value is -0.120. The normalized spacial score (nSPS) is 38.8. The van der Waals surface area contributed by atoms with Crippen molar-refractivity contribution in [2.75, 3.05) is 27.2 Å². The maximum Gasteiger partial charge on any atom is 0.0702 e. The fraction of sp³-hybridized carbons (Fsp3) is 1.00. The van der Waals surface area contributed by atoms with Crippen LogP contribution in [0.15, 0.2) is 0 Å². The summed E-state index contributed by atoms with van der Waals surface area (Å²) in [6, 6.07) is 1.25. The zero-order valence-electron chi connectivity index (χ0n) is 13.4. The summed E-state index contributed by atoms with van der Waals surface area (Å²) >= 11 is 0. The molecule has 0 aromatic rings. The predicted octanol–water partition coefficient (Wildman–Crippen LogP) is 2.51. The molecule has 3 nitrogen and oxygen atoms in total. The van der Waals surface area contributed by atoms with Crippen LogP contribution in [0.4, 0.5) is 0 Å². The molecule has 1 heterocycles.